The molecule has 1 aliphatic carbocycles. The fraction of sp³-hybridized carbons (Fsp3) is 0.500. The standard InChI is InChI=1S/C18H24N2OS/c1-13-7-4-5-10-17(13)20-14(2)12-22-18(20)19-15-8-6-9-16(11-15)21-3/h6,8-9,11-13,17H,4-5,7,10H2,1-3H3. The molecular weight excluding hydrogens is 292 g/mol. The number of aryl methyl sites for hydroxylation is 1. The molecule has 2 atom stereocenters. The van der Waals surface area contributed by atoms with Crippen molar-refractivity contribution < 1.29 is 4.74 Å². The molecule has 1 aliphatic rings. The third-order valence-electron chi connectivity index (χ3n) is 4.60. The van der Waals surface area contributed by atoms with Crippen molar-refractivity contribution in [2.75, 3.05) is 7.11 Å². The summed E-state index contributed by atoms with van der Waals surface area (Å²) in [5, 5.41) is 2.22. The van der Waals surface area contributed by atoms with Crippen molar-refractivity contribution in [1.29, 1.82) is 0 Å². The maximum Gasteiger partial charge on any atom is 0.190 e. The van der Waals surface area contributed by atoms with Crippen LogP contribution in [0.25, 0.3) is 0 Å². The van der Waals surface area contributed by atoms with Crippen molar-refractivity contribution in [3.63, 3.8) is 0 Å². The fourth-order valence-corrected chi connectivity index (χ4v) is 4.30. The minimum atomic E-state index is 0.587. The Kier molecular flexibility index (Phi) is 4.67. The van der Waals surface area contributed by atoms with Crippen molar-refractivity contribution in [3.8, 4) is 5.75 Å². The monoisotopic (exact) mass is 316 g/mol. The Balaban J connectivity index is 2.02. The lowest BCUT2D eigenvalue weighted by molar-refractivity contribution is 0.251. The van der Waals surface area contributed by atoms with E-state index < -0.39 is 0 Å². The predicted octanol–water partition coefficient (Wildman–Crippen LogP) is 4.85. The predicted molar refractivity (Wildman–Crippen MR) is 91.9 cm³/mol. The van der Waals surface area contributed by atoms with Gasteiger partial charge in [-0.25, -0.2) is 4.99 Å². The van der Waals surface area contributed by atoms with Crippen LogP contribution >= 0.6 is 11.3 Å². The average molecular weight is 316 g/mol. The lowest BCUT2D eigenvalue weighted by Gasteiger charge is -2.30. The Morgan fingerprint density at radius 1 is 1.27 bits per heavy atom. The summed E-state index contributed by atoms with van der Waals surface area (Å²) in [4.78, 5) is 5.98. The molecule has 0 saturated heterocycles. The molecule has 0 spiro atoms. The first kappa shape index (κ1) is 15.3. The van der Waals surface area contributed by atoms with Gasteiger partial charge in [-0.15, -0.1) is 11.3 Å². The SMILES string of the molecule is COc1cccc(N=c2scc(C)n2C2CCCCC2C)c1. The van der Waals surface area contributed by atoms with Gasteiger partial charge in [0.2, 0.25) is 0 Å². The number of aromatic nitrogens is 1. The van der Waals surface area contributed by atoms with Gasteiger partial charge in [-0.2, -0.15) is 0 Å². The summed E-state index contributed by atoms with van der Waals surface area (Å²) in [6, 6.07) is 8.56. The second-order valence-electron chi connectivity index (χ2n) is 6.17. The fourth-order valence-electron chi connectivity index (χ4n) is 3.36. The molecule has 118 valence electrons. The van der Waals surface area contributed by atoms with Gasteiger partial charge in [0.15, 0.2) is 4.80 Å². The molecule has 3 rings (SSSR count). The van der Waals surface area contributed by atoms with E-state index in [4.69, 9.17) is 9.73 Å². The minimum Gasteiger partial charge on any atom is -0.497 e. The first-order chi connectivity index (χ1) is 10.7. The molecule has 0 bridgehead atoms. The summed E-state index contributed by atoms with van der Waals surface area (Å²) in [5.41, 5.74) is 2.28. The van der Waals surface area contributed by atoms with Crippen LogP contribution in [0.4, 0.5) is 5.69 Å². The molecule has 3 nitrogen and oxygen atoms in total. The Labute approximate surface area is 136 Å². The number of thiazole rings is 1. The van der Waals surface area contributed by atoms with Gasteiger partial charge in [0, 0.05) is 23.2 Å². The van der Waals surface area contributed by atoms with Crippen LogP contribution in [0.5, 0.6) is 5.75 Å². The lowest BCUT2D eigenvalue weighted by atomic mass is 9.85. The number of hydrogen-bond acceptors (Lipinski definition) is 3. The van der Waals surface area contributed by atoms with E-state index in [1.807, 2.05) is 24.3 Å². The van der Waals surface area contributed by atoms with Crippen molar-refractivity contribution in [1.82, 2.24) is 4.57 Å². The average Bonchev–Trinajstić information content (AvgIpc) is 2.89. The van der Waals surface area contributed by atoms with Crippen LogP contribution in [0.3, 0.4) is 0 Å². The number of rotatable bonds is 3. The number of benzene rings is 1. The van der Waals surface area contributed by atoms with Gasteiger partial charge in [-0.1, -0.05) is 25.8 Å². The molecule has 0 amide bonds. The summed E-state index contributed by atoms with van der Waals surface area (Å²) in [6.45, 7) is 4.58. The molecule has 2 aromatic rings. The molecule has 22 heavy (non-hydrogen) atoms. The molecular formula is C18H24N2OS. The molecule has 1 heterocycles. The smallest absolute Gasteiger partial charge is 0.190 e. The van der Waals surface area contributed by atoms with Crippen LogP contribution < -0.4 is 9.54 Å². The Morgan fingerprint density at radius 2 is 2.09 bits per heavy atom. The van der Waals surface area contributed by atoms with E-state index in [1.54, 1.807) is 18.4 Å². The third-order valence-corrected chi connectivity index (χ3v) is 5.55. The quantitative estimate of drug-likeness (QED) is 0.795. The number of ether oxygens (including phenoxy) is 1. The van der Waals surface area contributed by atoms with Crippen LogP contribution in [0, 0.1) is 12.8 Å². The van der Waals surface area contributed by atoms with E-state index >= 15 is 0 Å². The van der Waals surface area contributed by atoms with E-state index in [-0.39, 0.29) is 0 Å². The molecule has 4 heteroatoms. The zero-order valence-electron chi connectivity index (χ0n) is 13.6. The third kappa shape index (κ3) is 3.12. The minimum absolute atomic E-state index is 0.587. The molecule has 0 radical (unpaired) electrons. The zero-order chi connectivity index (χ0) is 15.5. The van der Waals surface area contributed by atoms with Crippen LogP contribution in [-0.4, -0.2) is 11.7 Å². The van der Waals surface area contributed by atoms with Gasteiger partial charge < -0.3 is 9.30 Å². The number of nitrogens with zero attached hydrogens (tertiary/aromatic N) is 2. The molecule has 1 aromatic heterocycles. The summed E-state index contributed by atoms with van der Waals surface area (Å²) in [7, 11) is 1.69. The van der Waals surface area contributed by atoms with Gasteiger partial charge in [-0.3, -0.25) is 0 Å². The van der Waals surface area contributed by atoms with Crippen molar-refractivity contribution in [3.05, 3.63) is 40.1 Å². The molecule has 1 aromatic carbocycles. The van der Waals surface area contributed by atoms with Crippen molar-refractivity contribution in [2.24, 2.45) is 10.9 Å². The zero-order valence-corrected chi connectivity index (χ0v) is 14.4. The highest BCUT2D eigenvalue weighted by Crippen LogP contribution is 2.34. The summed E-state index contributed by atoms with van der Waals surface area (Å²) in [6.07, 6.45) is 5.29. The van der Waals surface area contributed by atoms with Gasteiger partial charge >= 0.3 is 0 Å². The van der Waals surface area contributed by atoms with Crippen LogP contribution in [0.15, 0.2) is 34.6 Å². The lowest BCUT2D eigenvalue weighted by Crippen LogP contribution is -2.29. The maximum absolute atomic E-state index is 5.30. The van der Waals surface area contributed by atoms with Crippen LogP contribution in [-0.2, 0) is 0 Å². The number of hydrogen-bond donors (Lipinski definition) is 0. The largest absolute Gasteiger partial charge is 0.497 e. The van der Waals surface area contributed by atoms with Gasteiger partial charge in [0.05, 0.1) is 12.8 Å². The highest BCUT2D eigenvalue weighted by molar-refractivity contribution is 7.07. The van der Waals surface area contributed by atoms with Gasteiger partial charge in [-0.05, 0) is 37.8 Å². The first-order valence-electron chi connectivity index (χ1n) is 8.04. The molecule has 1 fully saturated rings. The number of methoxy groups -OCH3 is 1. The summed E-state index contributed by atoms with van der Waals surface area (Å²) >= 11 is 1.74. The van der Waals surface area contributed by atoms with Gasteiger partial charge in [0.25, 0.3) is 0 Å². The Bertz CT molecular complexity index is 701. The Morgan fingerprint density at radius 3 is 2.86 bits per heavy atom. The van der Waals surface area contributed by atoms with Gasteiger partial charge in [0.1, 0.15) is 5.75 Å². The van der Waals surface area contributed by atoms with E-state index in [0.717, 1.165) is 22.2 Å². The molecule has 1 saturated carbocycles. The molecule has 2 unspecified atom stereocenters. The topological polar surface area (TPSA) is 26.5 Å². The second kappa shape index (κ2) is 6.69. The van der Waals surface area contributed by atoms with Crippen molar-refractivity contribution in [2.45, 2.75) is 45.6 Å². The van der Waals surface area contributed by atoms with Crippen LogP contribution in [0.2, 0.25) is 0 Å². The summed E-state index contributed by atoms with van der Waals surface area (Å²) < 4.78 is 7.75. The van der Waals surface area contributed by atoms with E-state index in [2.05, 4.69) is 23.8 Å². The van der Waals surface area contributed by atoms with Crippen LogP contribution in [0.1, 0.15) is 44.3 Å². The first-order valence-corrected chi connectivity index (χ1v) is 8.92. The Hall–Kier alpha value is -1.55. The second-order valence-corrected chi connectivity index (χ2v) is 7.01. The highest BCUT2D eigenvalue weighted by atomic mass is 32.1. The molecule has 0 N–H and O–H groups in total. The maximum atomic E-state index is 5.30. The molecule has 0 aliphatic heterocycles. The normalized spacial score (nSPS) is 22.8. The van der Waals surface area contributed by atoms with E-state index in [0.29, 0.717) is 6.04 Å². The van der Waals surface area contributed by atoms with E-state index in [1.165, 1.54) is 31.4 Å². The highest BCUT2D eigenvalue weighted by Gasteiger charge is 2.24. The van der Waals surface area contributed by atoms with E-state index in [9.17, 15) is 0 Å². The van der Waals surface area contributed by atoms with Crippen molar-refractivity contribution >= 4 is 17.0 Å². The summed E-state index contributed by atoms with van der Waals surface area (Å²) in [5.74, 6) is 1.58.